The zero-order chi connectivity index (χ0) is 23.8. The van der Waals surface area contributed by atoms with E-state index in [4.69, 9.17) is 23.4 Å². The highest BCUT2D eigenvalue weighted by Gasteiger charge is 2.25. The van der Waals surface area contributed by atoms with Crippen molar-refractivity contribution in [2.75, 3.05) is 26.4 Å². The van der Waals surface area contributed by atoms with Crippen molar-refractivity contribution in [1.29, 1.82) is 0 Å². The van der Waals surface area contributed by atoms with Crippen LogP contribution in [0.1, 0.15) is 111 Å². The van der Waals surface area contributed by atoms with Crippen LogP contribution in [-0.4, -0.2) is 36.2 Å². The molecule has 0 aliphatic carbocycles. The fourth-order valence-corrected chi connectivity index (χ4v) is 4.06. The summed E-state index contributed by atoms with van der Waals surface area (Å²) < 4.78 is 43.0. The van der Waals surface area contributed by atoms with Crippen molar-refractivity contribution in [1.82, 2.24) is 0 Å². The largest absolute Gasteiger partial charge is 0.474 e. The Morgan fingerprint density at radius 1 is 0.484 bits per heavy atom. The average molecular weight is 491 g/mol. The molecule has 0 saturated carbocycles. The first kappa shape index (κ1) is 33.4. The zero-order valence-corrected chi connectivity index (χ0v) is 22.0. The summed E-state index contributed by atoms with van der Waals surface area (Å²) in [5.41, 5.74) is 0. The van der Waals surface area contributed by atoms with Gasteiger partial charge in [0.05, 0.1) is 26.4 Å². The van der Waals surface area contributed by atoms with Crippen LogP contribution < -0.4 is 0 Å². The lowest BCUT2D eigenvalue weighted by Crippen LogP contribution is -2.04. The smallest absolute Gasteiger partial charge is 0.303 e. The monoisotopic (exact) mass is 490 g/mol. The molecule has 0 bridgehead atoms. The lowest BCUT2D eigenvalue weighted by molar-refractivity contribution is 0.109. The van der Waals surface area contributed by atoms with Gasteiger partial charge in [0.2, 0.25) is 0 Å². The van der Waals surface area contributed by atoms with E-state index >= 15 is 0 Å². The average Bonchev–Trinajstić information content (AvgIpc) is 2.72. The van der Waals surface area contributed by atoms with Crippen molar-refractivity contribution in [2.45, 2.75) is 111 Å². The molecule has 10 heteroatoms. The van der Waals surface area contributed by atoms with Crippen LogP contribution in [-0.2, 0) is 27.2 Å². The minimum atomic E-state index is -4.21. The molecule has 31 heavy (non-hydrogen) atoms. The molecule has 0 rings (SSSR count). The molecule has 0 unspecified atom stereocenters. The van der Waals surface area contributed by atoms with E-state index < -0.39 is 15.6 Å². The number of rotatable bonds is 21. The van der Waals surface area contributed by atoms with Gasteiger partial charge in [0, 0.05) is 0 Å². The van der Waals surface area contributed by atoms with E-state index in [1.54, 1.807) is 0 Å². The number of hydrogen-bond acceptors (Lipinski definition) is 6. The molecule has 8 nitrogen and oxygen atoms in total. The first-order valence-corrected chi connectivity index (χ1v) is 15.0. The molecule has 0 atom stereocenters. The highest BCUT2D eigenvalue weighted by molar-refractivity contribution is 7.48. The Labute approximate surface area is 190 Å². The van der Waals surface area contributed by atoms with Crippen LogP contribution >= 0.6 is 15.6 Å². The summed E-state index contributed by atoms with van der Waals surface area (Å²) in [6.07, 6.45) is 13.2. The minimum Gasteiger partial charge on any atom is -0.303 e. The maximum absolute atomic E-state index is 12.4. The molecule has 0 amide bonds. The predicted molar refractivity (Wildman–Crippen MR) is 126 cm³/mol. The Morgan fingerprint density at radius 3 is 1.10 bits per heavy atom. The van der Waals surface area contributed by atoms with Gasteiger partial charge < -0.3 is 9.79 Å². The summed E-state index contributed by atoms with van der Waals surface area (Å²) in [6.45, 7) is 9.96. The standard InChI is InChI=1S/C15H33O4P.C6H15O4P/c1-4-7-10-13-17-20(16,18-14-11-8-5-2)19-15-12-9-6-3;1-2-3-4-5-6-10-11(7,8)9/h4-15H2,1-3H3;2-6H2,1H3,(H2,7,8,9). The van der Waals surface area contributed by atoms with Crippen LogP contribution in [0.4, 0.5) is 0 Å². The van der Waals surface area contributed by atoms with Gasteiger partial charge in [0.15, 0.2) is 0 Å². The number of phosphoric ester groups is 2. The molecule has 190 valence electrons. The third-order valence-corrected chi connectivity index (χ3v) is 6.26. The van der Waals surface area contributed by atoms with Crippen molar-refractivity contribution in [3.8, 4) is 0 Å². The van der Waals surface area contributed by atoms with Gasteiger partial charge in [-0.2, -0.15) is 0 Å². The molecule has 2 N–H and O–H groups in total. The van der Waals surface area contributed by atoms with Crippen molar-refractivity contribution in [3.63, 3.8) is 0 Å². The third-order valence-electron chi connectivity index (χ3n) is 4.25. The van der Waals surface area contributed by atoms with E-state index in [0.29, 0.717) is 19.8 Å². The van der Waals surface area contributed by atoms with Crippen molar-refractivity contribution in [2.24, 2.45) is 0 Å². The van der Waals surface area contributed by atoms with Gasteiger partial charge in [0.1, 0.15) is 0 Å². The second-order valence-electron chi connectivity index (χ2n) is 7.45. The highest BCUT2D eigenvalue weighted by Crippen LogP contribution is 2.49. The van der Waals surface area contributed by atoms with Crippen LogP contribution in [0.3, 0.4) is 0 Å². The van der Waals surface area contributed by atoms with Crippen LogP contribution in [0.25, 0.3) is 0 Å². The summed E-state index contributed by atoms with van der Waals surface area (Å²) in [7, 11) is -7.55. The summed E-state index contributed by atoms with van der Waals surface area (Å²) in [4.78, 5) is 16.5. The Kier molecular flexibility index (Phi) is 25.2. The van der Waals surface area contributed by atoms with Gasteiger partial charge in [0.25, 0.3) is 0 Å². The van der Waals surface area contributed by atoms with Gasteiger partial charge in [-0.1, -0.05) is 85.5 Å². The third kappa shape index (κ3) is 28.2. The lowest BCUT2D eigenvalue weighted by atomic mass is 10.2. The lowest BCUT2D eigenvalue weighted by Gasteiger charge is -2.18. The minimum absolute atomic E-state index is 0.157. The van der Waals surface area contributed by atoms with E-state index in [0.717, 1.165) is 83.5 Å². The SMILES string of the molecule is CCCCCCOP(=O)(O)O.CCCCCOP(=O)(OCCCCC)OCCCCC. The molecule has 0 radical (unpaired) electrons. The quantitative estimate of drug-likeness (QED) is 0.126. The predicted octanol–water partition coefficient (Wildman–Crippen LogP) is 7.39. The molecular weight excluding hydrogens is 442 g/mol. The molecule has 0 aromatic heterocycles. The molecule has 0 heterocycles. The Bertz CT molecular complexity index is 419. The van der Waals surface area contributed by atoms with Crippen LogP contribution in [0.5, 0.6) is 0 Å². The van der Waals surface area contributed by atoms with Crippen molar-refractivity contribution >= 4 is 15.6 Å². The van der Waals surface area contributed by atoms with Crippen molar-refractivity contribution < 1.29 is 37.0 Å². The van der Waals surface area contributed by atoms with Gasteiger partial charge in [-0.25, -0.2) is 9.13 Å². The van der Waals surface area contributed by atoms with E-state index in [1.807, 2.05) is 0 Å². The second-order valence-corrected chi connectivity index (χ2v) is 10.4. The van der Waals surface area contributed by atoms with Gasteiger partial charge in [-0.05, 0) is 25.7 Å². The highest BCUT2D eigenvalue weighted by atomic mass is 31.2. The zero-order valence-electron chi connectivity index (χ0n) is 20.3. The van der Waals surface area contributed by atoms with E-state index in [2.05, 4.69) is 32.2 Å². The normalized spacial score (nSPS) is 11.9. The molecule has 0 saturated heterocycles. The number of hydrogen-bond donors (Lipinski definition) is 2. The van der Waals surface area contributed by atoms with Gasteiger partial charge in [-0.3, -0.25) is 18.1 Å². The molecule has 0 fully saturated rings. The molecular formula is C21H48O8P2. The first-order valence-electron chi connectivity index (χ1n) is 12.0. The van der Waals surface area contributed by atoms with Gasteiger partial charge >= 0.3 is 15.6 Å². The molecule has 0 aliphatic heterocycles. The summed E-state index contributed by atoms with van der Waals surface area (Å²) in [6, 6.07) is 0. The fourth-order valence-electron chi connectivity index (χ4n) is 2.41. The van der Waals surface area contributed by atoms with Gasteiger partial charge in [-0.15, -0.1) is 0 Å². The maximum Gasteiger partial charge on any atom is 0.474 e. The second kappa shape index (κ2) is 23.4. The fraction of sp³-hybridized carbons (Fsp3) is 1.00. The van der Waals surface area contributed by atoms with Crippen LogP contribution in [0.15, 0.2) is 0 Å². The summed E-state index contributed by atoms with van der Waals surface area (Å²) in [5, 5.41) is 0. The first-order chi connectivity index (χ1) is 14.7. The van der Waals surface area contributed by atoms with E-state index in [-0.39, 0.29) is 6.61 Å². The Morgan fingerprint density at radius 2 is 0.774 bits per heavy atom. The number of phosphoric acid groups is 2. The summed E-state index contributed by atoms with van der Waals surface area (Å²) >= 11 is 0. The Hall–Kier alpha value is 0.220. The topological polar surface area (TPSA) is 112 Å². The summed E-state index contributed by atoms with van der Waals surface area (Å²) in [5.74, 6) is 0. The van der Waals surface area contributed by atoms with E-state index in [1.165, 1.54) is 0 Å². The Balaban J connectivity index is 0. The molecule has 0 spiro atoms. The molecule has 0 aromatic rings. The molecule has 0 aromatic carbocycles. The van der Waals surface area contributed by atoms with Crippen molar-refractivity contribution in [3.05, 3.63) is 0 Å². The maximum atomic E-state index is 12.4. The van der Waals surface area contributed by atoms with Crippen LogP contribution in [0.2, 0.25) is 0 Å². The van der Waals surface area contributed by atoms with Crippen LogP contribution in [0, 0.1) is 0 Å². The molecule has 0 aliphatic rings. The number of unbranched alkanes of at least 4 members (excludes halogenated alkanes) is 9. The van der Waals surface area contributed by atoms with E-state index in [9.17, 15) is 9.13 Å².